The maximum Gasteiger partial charge on any atom is 0.327 e. The van der Waals surface area contributed by atoms with Crippen molar-refractivity contribution < 1.29 is 23.1 Å². The molecular weight excluding hydrogens is 499 g/mol. The van der Waals surface area contributed by atoms with Gasteiger partial charge in [-0.2, -0.15) is 0 Å². The highest BCUT2D eigenvalue weighted by Gasteiger charge is 2.11. The van der Waals surface area contributed by atoms with E-state index in [0.717, 1.165) is 18.8 Å². The van der Waals surface area contributed by atoms with Crippen molar-refractivity contribution in [1.29, 1.82) is 0 Å². The summed E-state index contributed by atoms with van der Waals surface area (Å²) in [4.78, 5) is 14.1. The van der Waals surface area contributed by atoms with E-state index in [0.29, 0.717) is 6.04 Å². The minimum absolute atomic E-state index is 0.167. The number of methoxy groups -OCH3 is 1. The van der Waals surface area contributed by atoms with E-state index in [4.69, 9.17) is 4.74 Å². The van der Waals surface area contributed by atoms with Crippen molar-refractivity contribution in [3.63, 3.8) is 0 Å². The summed E-state index contributed by atoms with van der Waals surface area (Å²) in [7, 11) is 3.90. The smallest absolute Gasteiger partial charge is 0.327 e. The van der Waals surface area contributed by atoms with Crippen LogP contribution < -0.4 is 4.74 Å². The van der Waals surface area contributed by atoms with E-state index >= 15 is 0 Å². The van der Waals surface area contributed by atoms with E-state index in [1.54, 1.807) is 7.11 Å². The van der Waals surface area contributed by atoms with Gasteiger partial charge in [0.15, 0.2) is 0 Å². The van der Waals surface area contributed by atoms with Crippen LogP contribution in [0.25, 0.3) is 0 Å². The average molecular weight is 563 g/mol. The maximum absolute atomic E-state index is 10.5. The van der Waals surface area contributed by atoms with Gasteiger partial charge in [0.1, 0.15) is 11.5 Å². The lowest BCUT2D eigenvalue weighted by molar-refractivity contribution is -0.115. The molecule has 1 aromatic carbocycles. The largest absolute Gasteiger partial charge is 0.496 e. The van der Waals surface area contributed by atoms with E-state index < -0.39 is 7.60 Å². The molecule has 1 rings (SSSR count). The first-order valence-corrected chi connectivity index (χ1v) is 15.6. The number of carbonyl (C=O) groups is 1. The summed E-state index contributed by atoms with van der Waals surface area (Å²) in [5.41, 5.74) is 6.61. The van der Waals surface area contributed by atoms with Gasteiger partial charge in [0, 0.05) is 26.9 Å². The fourth-order valence-electron chi connectivity index (χ4n) is 3.02. The molecule has 0 aliphatic rings. The van der Waals surface area contributed by atoms with E-state index in [1.807, 2.05) is 0 Å². The van der Waals surface area contributed by atoms with Crippen molar-refractivity contribution in [3.8, 4) is 5.75 Å². The molecule has 0 unspecified atom stereocenters. The number of hydrogen-bond donors (Lipinski definition) is 0. The molecule has 7 nitrogen and oxygen atoms in total. The van der Waals surface area contributed by atoms with Crippen LogP contribution in [0.1, 0.15) is 83.2 Å². The summed E-state index contributed by atoms with van der Waals surface area (Å²) in [5, 5.41) is 0. The Hall–Kier alpha value is -1.24. The maximum atomic E-state index is 10.5. The molecule has 0 N–H and O–H groups in total. The van der Waals surface area contributed by atoms with Gasteiger partial charge in [-0.25, -0.2) is 0 Å². The topological polar surface area (TPSA) is 68.3 Å². The highest BCUT2D eigenvalue weighted by molar-refractivity contribution is 7.52. The van der Waals surface area contributed by atoms with Crippen LogP contribution in [0.5, 0.6) is 5.75 Å². The summed E-state index contributed by atoms with van der Waals surface area (Å²) in [6.45, 7) is 33.0. The molecule has 0 atom stereocenters. The van der Waals surface area contributed by atoms with Crippen molar-refractivity contribution in [2.75, 3.05) is 61.2 Å². The van der Waals surface area contributed by atoms with Crippen LogP contribution >= 0.6 is 7.60 Å². The van der Waals surface area contributed by atoms with E-state index in [1.165, 1.54) is 75.6 Å². The number of Topliss-reactive ketones (excluding diaryl/α,β-unsaturated/α-hetero) is 1. The molecule has 0 heterocycles. The quantitative estimate of drug-likeness (QED) is 0.302. The van der Waals surface area contributed by atoms with Crippen molar-refractivity contribution in [3.05, 3.63) is 27.8 Å². The van der Waals surface area contributed by atoms with Crippen molar-refractivity contribution in [2.24, 2.45) is 0 Å². The third-order valence-electron chi connectivity index (χ3n) is 6.42. The molecule has 8 heteroatoms. The molecule has 1 aromatic rings. The Bertz CT molecular complexity index is 748. The molecule has 0 aliphatic heterocycles. The highest BCUT2D eigenvalue weighted by atomic mass is 31.2. The van der Waals surface area contributed by atoms with E-state index in [2.05, 4.69) is 102 Å². The second kappa shape index (κ2) is 24.8. The third-order valence-corrected chi connectivity index (χ3v) is 7.75. The lowest BCUT2D eigenvalue weighted by Gasteiger charge is -2.21. The minimum atomic E-state index is -2.65. The molecule has 0 saturated carbocycles. The predicted octanol–water partition coefficient (Wildman–Crippen LogP) is 7.63. The second-order valence-electron chi connectivity index (χ2n) is 9.51. The normalized spacial score (nSPS) is 10.3. The van der Waals surface area contributed by atoms with Crippen LogP contribution in [0.4, 0.5) is 0 Å². The van der Waals surface area contributed by atoms with Crippen LogP contribution in [0, 0.1) is 34.6 Å². The number of benzene rings is 1. The standard InChI is InChI=1S/C12H18O.C7H17N.C5H13N.C3H9O3P.C3H6O/c1-7-8(2)10(4)12(13-6)11(5)9(7)3;1-5-8(6-2)7(3)4;1-4-6(3)5-2;1-5-7(3,4)6-2;1-3(2)4/h1-6H3;7H,5-6H2,1-4H3;4-5H2,1-3H3;1-3H3;1-2H3. The van der Waals surface area contributed by atoms with E-state index in [9.17, 15) is 9.36 Å². The van der Waals surface area contributed by atoms with Gasteiger partial charge in [-0.15, -0.1) is 0 Å². The summed E-state index contributed by atoms with van der Waals surface area (Å²) in [6.07, 6.45) is 0. The van der Waals surface area contributed by atoms with Crippen LogP contribution in [0.2, 0.25) is 0 Å². The van der Waals surface area contributed by atoms with Crippen LogP contribution in [0.3, 0.4) is 0 Å². The van der Waals surface area contributed by atoms with Crippen LogP contribution in [-0.2, 0) is 18.4 Å². The SMILES string of the molecule is CC(C)=O.CCN(C)CC.CCN(CC)C(C)C.COP(C)(=O)OC.COc1c(C)c(C)c(C)c(C)c1C. The predicted molar refractivity (Wildman–Crippen MR) is 167 cm³/mol. The van der Waals surface area contributed by atoms with Crippen LogP contribution in [-0.4, -0.2) is 82.8 Å². The van der Waals surface area contributed by atoms with Gasteiger partial charge in [0.2, 0.25) is 0 Å². The Balaban J connectivity index is -0.000000203. The molecule has 0 aliphatic carbocycles. The first-order valence-electron chi connectivity index (χ1n) is 13.6. The van der Waals surface area contributed by atoms with Gasteiger partial charge in [-0.3, -0.25) is 4.57 Å². The molecule has 0 saturated heterocycles. The summed E-state index contributed by atoms with van der Waals surface area (Å²) in [5.74, 6) is 1.21. The molecule has 0 aromatic heterocycles. The summed E-state index contributed by atoms with van der Waals surface area (Å²) >= 11 is 0. The zero-order valence-electron chi connectivity index (χ0n) is 28.3. The zero-order chi connectivity index (χ0) is 31.2. The summed E-state index contributed by atoms with van der Waals surface area (Å²) < 4.78 is 24.7. The highest BCUT2D eigenvalue weighted by Crippen LogP contribution is 2.40. The van der Waals surface area contributed by atoms with Crippen LogP contribution in [0.15, 0.2) is 0 Å². The van der Waals surface area contributed by atoms with E-state index in [-0.39, 0.29) is 5.78 Å². The third kappa shape index (κ3) is 21.7. The van der Waals surface area contributed by atoms with Crippen molar-refractivity contribution in [2.45, 2.75) is 96.1 Å². The van der Waals surface area contributed by atoms with Gasteiger partial charge in [-0.05, 0) is 123 Å². The Labute approximate surface area is 237 Å². The fourth-order valence-corrected chi connectivity index (χ4v) is 3.17. The molecule has 0 radical (unpaired) electrons. The monoisotopic (exact) mass is 562 g/mol. The average Bonchev–Trinajstić information content (AvgIpc) is 2.87. The van der Waals surface area contributed by atoms with Crippen molar-refractivity contribution in [1.82, 2.24) is 9.80 Å². The van der Waals surface area contributed by atoms with Gasteiger partial charge >= 0.3 is 7.60 Å². The lowest BCUT2D eigenvalue weighted by atomic mass is 9.94. The first-order chi connectivity index (χ1) is 17.4. The molecule has 38 heavy (non-hydrogen) atoms. The molecule has 0 bridgehead atoms. The number of nitrogens with zero attached hydrogens (tertiary/aromatic N) is 2. The second-order valence-corrected chi connectivity index (χ2v) is 11.8. The first kappa shape index (κ1) is 43.8. The minimum Gasteiger partial charge on any atom is -0.496 e. The number of carbonyl (C=O) groups excluding carboxylic acids is 1. The molecular formula is C30H63N2O5P. The van der Waals surface area contributed by atoms with Gasteiger partial charge in [0.25, 0.3) is 0 Å². The Morgan fingerprint density at radius 3 is 1.13 bits per heavy atom. The lowest BCUT2D eigenvalue weighted by Crippen LogP contribution is -2.29. The number of rotatable bonds is 8. The fraction of sp³-hybridized carbons (Fsp3) is 0.767. The molecule has 0 amide bonds. The number of ether oxygens (including phenoxy) is 1. The van der Waals surface area contributed by atoms with Gasteiger partial charge in [0.05, 0.1) is 7.11 Å². The van der Waals surface area contributed by atoms with Crippen molar-refractivity contribution >= 4 is 13.4 Å². The number of ketones is 1. The van der Waals surface area contributed by atoms with Gasteiger partial charge in [-0.1, -0.05) is 27.7 Å². The zero-order valence-corrected chi connectivity index (χ0v) is 29.2. The Morgan fingerprint density at radius 2 is 1.03 bits per heavy atom. The molecule has 0 fully saturated rings. The molecule has 228 valence electrons. The van der Waals surface area contributed by atoms with Gasteiger partial charge < -0.3 is 28.4 Å². The molecule has 0 spiro atoms. The summed E-state index contributed by atoms with van der Waals surface area (Å²) in [6, 6.07) is 0.713. The Kier molecular flexibility index (Phi) is 28.6. The Morgan fingerprint density at radius 1 is 0.737 bits per heavy atom. The number of hydrogen-bond acceptors (Lipinski definition) is 7.